The molecule has 9 nitrogen and oxygen atoms in total. The van der Waals surface area contributed by atoms with Gasteiger partial charge in [0.25, 0.3) is 5.56 Å². The summed E-state index contributed by atoms with van der Waals surface area (Å²) in [6, 6.07) is 14.5. The summed E-state index contributed by atoms with van der Waals surface area (Å²) in [6.07, 6.45) is 4.97. The van der Waals surface area contributed by atoms with Gasteiger partial charge in [-0.15, -0.1) is 0 Å². The second-order valence-corrected chi connectivity index (χ2v) is 12.5. The van der Waals surface area contributed by atoms with Gasteiger partial charge in [-0.25, -0.2) is 9.37 Å². The van der Waals surface area contributed by atoms with Gasteiger partial charge >= 0.3 is 0 Å². The summed E-state index contributed by atoms with van der Waals surface area (Å²) in [7, 11) is 1.91. The van der Waals surface area contributed by atoms with E-state index in [1.54, 1.807) is 12.1 Å². The summed E-state index contributed by atoms with van der Waals surface area (Å²) < 4.78 is 15.4. The van der Waals surface area contributed by atoms with Gasteiger partial charge in [-0.1, -0.05) is 11.3 Å². The van der Waals surface area contributed by atoms with Gasteiger partial charge in [0.15, 0.2) is 5.13 Å². The maximum atomic E-state index is 13.6. The number of nitrogens with zero attached hydrogens (tertiary/aromatic N) is 7. The summed E-state index contributed by atoms with van der Waals surface area (Å²) in [5.74, 6) is -0.129. The zero-order valence-corrected chi connectivity index (χ0v) is 24.8. The van der Waals surface area contributed by atoms with Crippen molar-refractivity contribution in [3.8, 4) is 17.3 Å². The minimum atomic E-state index is -0.346. The highest BCUT2D eigenvalue weighted by molar-refractivity contribution is 7.16. The van der Waals surface area contributed by atoms with Gasteiger partial charge in [0, 0.05) is 80.6 Å². The Bertz CT molecular complexity index is 1800. The van der Waals surface area contributed by atoms with E-state index in [-0.39, 0.29) is 23.3 Å². The molecule has 11 heteroatoms. The molecule has 0 N–H and O–H groups in total. The molecule has 1 saturated carbocycles. The smallest absolute Gasteiger partial charge is 0.258 e. The molecule has 2 saturated heterocycles. The van der Waals surface area contributed by atoms with Crippen LogP contribution in [0.5, 0.6) is 0 Å². The van der Waals surface area contributed by atoms with E-state index in [1.165, 1.54) is 23.5 Å². The van der Waals surface area contributed by atoms with Crippen molar-refractivity contribution in [2.24, 2.45) is 0 Å². The van der Waals surface area contributed by atoms with E-state index in [4.69, 9.17) is 4.98 Å². The van der Waals surface area contributed by atoms with Crippen LogP contribution in [0.4, 0.5) is 20.9 Å². The van der Waals surface area contributed by atoms with E-state index in [9.17, 15) is 19.2 Å². The number of anilines is 3. The highest BCUT2D eigenvalue weighted by Gasteiger charge is 2.29. The van der Waals surface area contributed by atoms with Crippen molar-refractivity contribution in [1.29, 1.82) is 5.26 Å². The largest absolute Gasteiger partial charge is 0.369 e. The average Bonchev–Trinajstić information content (AvgIpc) is 3.74. The number of halogens is 1. The van der Waals surface area contributed by atoms with Crippen LogP contribution in [0.3, 0.4) is 0 Å². The van der Waals surface area contributed by atoms with Crippen molar-refractivity contribution < 1.29 is 9.18 Å². The summed E-state index contributed by atoms with van der Waals surface area (Å²) in [5, 5.41) is 12.0. The lowest BCUT2D eigenvalue weighted by atomic mass is 10.1. The van der Waals surface area contributed by atoms with Gasteiger partial charge < -0.3 is 19.3 Å². The number of carbonyl (C=O) groups excluding carboxylic acids is 1. The van der Waals surface area contributed by atoms with Crippen molar-refractivity contribution in [1.82, 2.24) is 19.4 Å². The quantitative estimate of drug-likeness (QED) is 0.308. The molecule has 2 aliphatic heterocycles. The van der Waals surface area contributed by atoms with E-state index in [0.717, 1.165) is 75.3 Å². The average molecular weight is 598 g/mol. The Balaban J connectivity index is 1.21. The Morgan fingerprint density at radius 1 is 1.07 bits per heavy atom. The number of pyridine rings is 1. The van der Waals surface area contributed by atoms with Crippen LogP contribution in [0, 0.1) is 17.1 Å². The molecular formula is C32H32FN7O2S. The maximum absolute atomic E-state index is 13.6. The van der Waals surface area contributed by atoms with Gasteiger partial charge in [-0.2, -0.15) is 5.26 Å². The van der Waals surface area contributed by atoms with Gasteiger partial charge in [0.1, 0.15) is 22.5 Å². The first-order chi connectivity index (χ1) is 20.9. The zero-order valence-electron chi connectivity index (χ0n) is 24.0. The molecule has 0 atom stereocenters. The molecule has 0 spiro atoms. The van der Waals surface area contributed by atoms with Gasteiger partial charge in [0.2, 0.25) is 5.91 Å². The van der Waals surface area contributed by atoms with E-state index < -0.39 is 0 Å². The SMILES string of the molecule is CN(c1nc(-c2ccc(F)cc2)c(C#N)s1)c1cn(C2CC2)c(=O)c2ccc(N3CCN(CC(=O)N4CCC4)CC3)cc12. The molecule has 3 fully saturated rings. The van der Waals surface area contributed by atoms with Crippen LogP contribution in [-0.4, -0.2) is 78.1 Å². The number of amides is 1. The minimum absolute atomic E-state index is 0.000574. The Kier molecular flexibility index (Phi) is 7.11. The highest BCUT2D eigenvalue weighted by Crippen LogP contribution is 2.40. The summed E-state index contributed by atoms with van der Waals surface area (Å²) in [4.78, 5) is 39.7. The lowest BCUT2D eigenvalue weighted by Gasteiger charge is -2.38. The topological polar surface area (TPSA) is 88.7 Å². The Morgan fingerprint density at radius 3 is 2.47 bits per heavy atom. The molecule has 4 aromatic rings. The number of rotatable bonds is 7. The molecule has 1 aliphatic carbocycles. The molecule has 7 rings (SSSR count). The van der Waals surface area contributed by atoms with E-state index >= 15 is 0 Å². The number of piperazine rings is 1. The molecular weight excluding hydrogens is 565 g/mol. The van der Waals surface area contributed by atoms with Gasteiger partial charge in [0.05, 0.1) is 12.2 Å². The van der Waals surface area contributed by atoms with E-state index in [1.807, 2.05) is 39.7 Å². The number of nitriles is 1. The van der Waals surface area contributed by atoms with Crippen molar-refractivity contribution in [2.75, 3.05) is 62.7 Å². The first kappa shape index (κ1) is 27.6. The number of hydrogen-bond donors (Lipinski definition) is 0. The van der Waals surface area contributed by atoms with Crippen LogP contribution in [-0.2, 0) is 4.79 Å². The molecule has 43 heavy (non-hydrogen) atoms. The summed E-state index contributed by atoms with van der Waals surface area (Å²) in [5.41, 5.74) is 3.06. The van der Waals surface area contributed by atoms with E-state index in [0.29, 0.717) is 33.2 Å². The minimum Gasteiger partial charge on any atom is -0.369 e. The Morgan fingerprint density at radius 2 is 1.81 bits per heavy atom. The first-order valence-corrected chi connectivity index (χ1v) is 15.6. The molecule has 0 radical (unpaired) electrons. The van der Waals surface area contributed by atoms with Crippen molar-refractivity contribution in [2.45, 2.75) is 25.3 Å². The van der Waals surface area contributed by atoms with Crippen LogP contribution >= 0.6 is 11.3 Å². The van der Waals surface area contributed by atoms with Crippen molar-refractivity contribution in [3.63, 3.8) is 0 Å². The monoisotopic (exact) mass is 597 g/mol. The number of thiazole rings is 1. The molecule has 2 aromatic carbocycles. The van der Waals surface area contributed by atoms with Gasteiger partial charge in [-0.05, 0) is 61.7 Å². The fourth-order valence-corrected chi connectivity index (χ4v) is 6.73. The molecule has 2 aromatic heterocycles. The molecule has 4 heterocycles. The van der Waals surface area contributed by atoms with Gasteiger partial charge in [-0.3, -0.25) is 14.5 Å². The molecule has 0 unspecified atom stereocenters. The number of carbonyl (C=O) groups is 1. The van der Waals surface area contributed by atoms with Crippen molar-refractivity contribution in [3.05, 3.63) is 69.7 Å². The number of fused-ring (bicyclic) bond motifs is 1. The van der Waals surface area contributed by atoms with Crippen LogP contribution < -0.4 is 15.4 Å². The zero-order chi connectivity index (χ0) is 29.7. The molecule has 1 amide bonds. The lowest BCUT2D eigenvalue weighted by Crippen LogP contribution is -2.52. The number of benzene rings is 2. The lowest BCUT2D eigenvalue weighted by molar-refractivity contribution is -0.135. The third-order valence-electron chi connectivity index (χ3n) is 8.73. The highest BCUT2D eigenvalue weighted by atomic mass is 32.1. The normalized spacial score (nSPS) is 17.1. The molecule has 220 valence electrons. The maximum Gasteiger partial charge on any atom is 0.258 e. The fraction of sp³-hybridized carbons (Fsp3) is 0.375. The first-order valence-electron chi connectivity index (χ1n) is 14.7. The molecule has 3 aliphatic rings. The number of likely N-dealkylation sites (tertiary alicyclic amines) is 1. The molecule has 0 bridgehead atoms. The van der Waals surface area contributed by atoms with E-state index in [2.05, 4.69) is 21.9 Å². The second kappa shape index (κ2) is 11.1. The van der Waals surface area contributed by atoms with Crippen LogP contribution in [0.1, 0.15) is 30.2 Å². The van der Waals surface area contributed by atoms with Crippen LogP contribution in [0.2, 0.25) is 0 Å². The third-order valence-corrected chi connectivity index (χ3v) is 9.77. The van der Waals surface area contributed by atoms with Crippen molar-refractivity contribution >= 4 is 44.5 Å². The Hall–Kier alpha value is -4.27. The predicted molar refractivity (Wildman–Crippen MR) is 167 cm³/mol. The predicted octanol–water partition coefficient (Wildman–Crippen LogP) is 4.59. The summed E-state index contributed by atoms with van der Waals surface area (Å²) in [6.45, 7) is 5.42. The third kappa shape index (κ3) is 5.26. The second-order valence-electron chi connectivity index (χ2n) is 11.5. The fourth-order valence-electron chi connectivity index (χ4n) is 5.87. The number of aromatic nitrogens is 2. The van der Waals surface area contributed by atoms with Crippen LogP contribution in [0.15, 0.2) is 53.5 Å². The Labute approximate surface area is 253 Å². The van der Waals surface area contributed by atoms with Crippen LogP contribution in [0.25, 0.3) is 22.0 Å². The summed E-state index contributed by atoms with van der Waals surface area (Å²) >= 11 is 1.27. The standard InChI is InChI=1S/C32H32FN7O2S/c1-36(32-35-30(28(18-34)43-32)21-3-5-22(33)6-4-21)27-19-40(23-7-8-23)31(42)25-10-9-24(17-26(25)27)38-15-13-37(14-16-38)20-29(41)39-11-2-12-39/h3-6,9-10,17,19,23H,2,7-8,11-16,20H2,1H3. The number of hydrogen-bond acceptors (Lipinski definition) is 8.